The van der Waals surface area contributed by atoms with Crippen LogP contribution in [0, 0.1) is 0 Å². The number of hydrogen-bond acceptors (Lipinski definition) is 5. The minimum Gasteiger partial charge on any atom is -0.493 e. The minimum atomic E-state index is -4.41. The third-order valence-corrected chi connectivity index (χ3v) is 5.90. The first-order valence-corrected chi connectivity index (χ1v) is 11.2. The van der Waals surface area contributed by atoms with Crippen molar-refractivity contribution in [3.8, 4) is 11.5 Å². The zero-order valence-electron chi connectivity index (χ0n) is 19.8. The first-order valence-electron chi connectivity index (χ1n) is 11.2. The van der Waals surface area contributed by atoms with Gasteiger partial charge in [0.1, 0.15) is 5.69 Å². The van der Waals surface area contributed by atoms with Crippen molar-refractivity contribution < 1.29 is 32.2 Å². The van der Waals surface area contributed by atoms with Gasteiger partial charge in [-0.2, -0.15) is 18.3 Å². The number of alkyl halides is 3. The molecular formula is C25H25F3N4O4. The van der Waals surface area contributed by atoms with Crippen LogP contribution in [-0.2, 0) is 25.7 Å². The number of fused-ring (bicyclic) bond motifs is 1. The average molecular weight is 502 g/mol. The summed E-state index contributed by atoms with van der Waals surface area (Å²) < 4.78 is 50.3. The Balaban J connectivity index is 1.35. The van der Waals surface area contributed by atoms with Crippen LogP contribution in [0.4, 0.5) is 13.2 Å². The number of benzene rings is 2. The van der Waals surface area contributed by atoms with Gasteiger partial charge in [-0.1, -0.05) is 18.2 Å². The van der Waals surface area contributed by atoms with E-state index < -0.39 is 17.6 Å². The molecule has 0 aliphatic carbocycles. The van der Waals surface area contributed by atoms with Gasteiger partial charge in [-0.25, -0.2) is 0 Å². The van der Waals surface area contributed by atoms with Crippen molar-refractivity contribution in [2.75, 3.05) is 27.3 Å². The molecule has 0 fully saturated rings. The Labute approximate surface area is 205 Å². The first-order chi connectivity index (χ1) is 17.2. The Morgan fingerprint density at radius 3 is 2.36 bits per heavy atom. The van der Waals surface area contributed by atoms with Crippen LogP contribution in [0.2, 0.25) is 0 Å². The predicted molar refractivity (Wildman–Crippen MR) is 124 cm³/mol. The molecule has 36 heavy (non-hydrogen) atoms. The van der Waals surface area contributed by atoms with Crippen molar-refractivity contribution in [3.05, 3.63) is 76.6 Å². The highest BCUT2D eigenvalue weighted by atomic mass is 19.4. The molecular weight excluding hydrogens is 477 g/mol. The van der Waals surface area contributed by atoms with E-state index in [1.165, 1.54) is 27.8 Å². The van der Waals surface area contributed by atoms with E-state index in [9.17, 15) is 22.8 Å². The highest BCUT2D eigenvalue weighted by Crippen LogP contribution is 2.30. The summed E-state index contributed by atoms with van der Waals surface area (Å²) in [4.78, 5) is 27.1. The highest BCUT2D eigenvalue weighted by molar-refractivity contribution is 5.98. The van der Waals surface area contributed by atoms with E-state index in [0.29, 0.717) is 43.1 Å². The van der Waals surface area contributed by atoms with Gasteiger partial charge in [-0.05, 0) is 41.8 Å². The second kappa shape index (κ2) is 10.3. The van der Waals surface area contributed by atoms with Gasteiger partial charge in [-0.3, -0.25) is 14.3 Å². The predicted octanol–water partition coefficient (Wildman–Crippen LogP) is 3.55. The van der Waals surface area contributed by atoms with Gasteiger partial charge in [0.05, 0.1) is 26.3 Å². The largest absolute Gasteiger partial charge is 0.493 e. The molecule has 11 heteroatoms. The summed E-state index contributed by atoms with van der Waals surface area (Å²) in [5, 5.41) is 7.05. The fourth-order valence-corrected chi connectivity index (χ4v) is 3.97. The van der Waals surface area contributed by atoms with Crippen LogP contribution in [-0.4, -0.2) is 53.8 Å². The molecule has 1 aromatic heterocycles. The van der Waals surface area contributed by atoms with Crippen LogP contribution in [0.25, 0.3) is 0 Å². The summed E-state index contributed by atoms with van der Waals surface area (Å²) in [5.74, 6) is 0.478. The van der Waals surface area contributed by atoms with Crippen LogP contribution in [0.3, 0.4) is 0 Å². The third-order valence-electron chi connectivity index (χ3n) is 5.90. The van der Waals surface area contributed by atoms with Gasteiger partial charge in [0.25, 0.3) is 11.8 Å². The summed E-state index contributed by atoms with van der Waals surface area (Å²) in [5.41, 5.74) is 1.18. The molecule has 2 aromatic carbocycles. The Morgan fingerprint density at radius 1 is 1.00 bits per heavy atom. The smallest absolute Gasteiger partial charge is 0.416 e. The van der Waals surface area contributed by atoms with Crippen molar-refractivity contribution in [1.29, 1.82) is 0 Å². The Bertz CT molecular complexity index is 1260. The van der Waals surface area contributed by atoms with Crippen LogP contribution in [0.1, 0.15) is 37.7 Å². The normalized spacial score (nSPS) is 13.4. The lowest BCUT2D eigenvalue weighted by molar-refractivity contribution is -0.137. The molecule has 0 atom stereocenters. The Morgan fingerprint density at radius 2 is 1.69 bits per heavy atom. The number of aromatic nitrogens is 2. The Hall–Kier alpha value is -4.02. The number of ether oxygens (including phenoxy) is 2. The molecule has 4 rings (SSSR count). The van der Waals surface area contributed by atoms with E-state index in [1.807, 2.05) is 12.1 Å². The van der Waals surface area contributed by atoms with Crippen LogP contribution < -0.4 is 14.8 Å². The topological polar surface area (TPSA) is 85.7 Å². The summed E-state index contributed by atoms with van der Waals surface area (Å²) in [6, 6.07) is 11.7. The molecule has 0 saturated heterocycles. The average Bonchev–Trinajstić information content (AvgIpc) is 3.31. The minimum absolute atomic E-state index is 0.127. The van der Waals surface area contributed by atoms with Gasteiger partial charge in [0, 0.05) is 25.7 Å². The fourth-order valence-electron chi connectivity index (χ4n) is 3.97. The van der Waals surface area contributed by atoms with E-state index in [1.54, 1.807) is 20.3 Å². The summed E-state index contributed by atoms with van der Waals surface area (Å²) in [6.45, 7) is 1.22. The lowest BCUT2D eigenvalue weighted by atomic mass is 10.1. The molecule has 0 spiro atoms. The molecule has 1 aliphatic heterocycles. The maximum Gasteiger partial charge on any atom is 0.416 e. The molecule has 0 bridgehead atoms. The van der Waals surface area contributed by atoms with Crippen molar-refractivity contribution in [1.82, 2.24) is 20.0 Å². The molecule has 2 amide bonds. The summed E-state index contributed by atoms with van der Waals surface area (Å²) in [7, 11) is 3.11. The molecule has 1 aliphatic rings. The first kappa shape index (κ1) is 25.1. The van der Waals surface area contributed by atoms with Crippen molar-refractivity contribution >= 4 is 11.8 Å². The Kier molecular flexibility index (Phi) is 7.18. The third kappa shape index (κ3) is 5.45. The number of hydrogen-bond donors (Lipinski definition) is 1. The van der Waals surface area contributed by atoms with Crippen molar-refractivity contribution in [2.24, 2.45) is 0 Å². The van der Waals surface area contributed by atoms with Crippen molar-refractivity contribution in [2.45, 2.75) is 25.7 Å². The van der Waals surface area contributed by atoms with Gasteiger partial charge < -0.3 is 19.7 Å². The van der Waals surface area contributed by atoms with Crippen molar-refractivity contribution in [3.63, 3.8) is 0 Å². The quantitative estimate of drug-likeness (QED) is 0.509. The second-order valence-electron chi connectivity index (χ2n) is 8.25. The zero-order valence-corrected chi connectivity index (χ0v) is 19.8. The number of halogens is 3. The van der Waals surface area contributed by atoms with Crippen LogP contribution in [0.15, 0.2) is 48.5 Å². The van der Waals surface area contributed by atoms with E-state index in [-0.39, 0.29) is 23.8 Å². The lowest BCUT2D eigenvalue weighted by Crippen LogP contribution is -2.39. The second-order valence-corrected chi connectivity index (χ2v) is 8.25. The molecule has 2 heterocycles. The molecule has 3 aromatic rings. The van der Waals surface area contributed by atoms with E-state index >= 15 is 0 Å². The standard InChI is InChI=1S/C25H25F3N4O4/c1-35-21-8-5-16(13-22(21)36-2)9-10-29-23(33)19-14-20-24(34)31(11-12-32(20)30-19)15-17-3-6-18(7-4-17)25(26,27)28/h3-8,13-14H,9-12,15H2,1-2H3,(H,29,33). The number of carbonyl (C=O) groups is 2. The molecule has 0 radical (unpaired) electrons. The van der Waals surface area contributed by atoms with Crippen LogP contribution >= 0.6 is 0 Å². The molecule has 0 saturated carbocycles. The fraction of sp³-hybridized carbons (Fsp3) is 0.320. The van der Waals surface area contributed by atoms with Gasteiger partial charge >= 0.3 is 6.18 Å². The monoisotopic (exact) mass is 502 g/mol. The van der Waals surface area contributed by atoms with E-state index in [2.05, 4.69) is 10.4 Å². The van der Waals surface area contributed by atoms with E-state index in [4.69, 9.17) is 9.47 Å². The maximum atomic E-state index is 12.9. The zero-order chi connectivity index (χ0) is 25.9. The number of methoxy groups -OCH3 is 2. The number of rotatable bonds is 8. The highest BCUT2D eigenvalue weighted by Gasteiger charge is 2.31. The SMILES string of the molecule is COc1ccc(CCNC(=O)c2cc3n(n2)CCN(Cc2ccc(C(F)(F)F)cc2)C3=O)cc1OC. The van der Waals surface area contributed by atoms with Gasteiger partial charge in [0.15, 0.2) is 17.2 Å². The van der Waals surface area contributed by atoms with E-state index in [0.717, 1.165) is 17.7 Å². The van der Waals surface area contributed by atoms with Gasteiger partial charge in [0.2, 0.25) is 0 Å². The maximum absolute atomic E-state index is 12.9. The summed E-state index contributed by atoms with van der Waals surface area (Å²) in [6.07, 6.45) is -3.86. The molecule has 1 N–H and O–H groups in total. The summed E-state index contributed by atoms with van der Waals surface area (Å²) >= 11 is 0. The molecule has 190 valence electrons. The molecule has 8 nitrogen and oxygen atoms in total. The number of carbonyl (C=O) groups excluding carboxylic acids is 2. The van der Waals surface area contributed by atoms with Gasteiger partial charge in [-0.15, -0.1) is 0 Å². The lowest BCUT2D eigenvalue weighted by Gasteiger charge is -2.27. The molecule has 0 unspecified atom stereocenters. The number of nitrogens with one attached hydrogen (secondary N) is 1. The van der Waals surface area contributed by atoms with Crippen LogP contribution in [0.5, 0.6) is 11.5 Å². The number of amides is 2. The number of nitrogens with zero attached hydrogens (tertiary/aromatic N) is 3.